The standard InChI is InChI=1S/C17H26N4O/c1-20-10-13(9-19-20)15-11-21(12-16(15)17(18)22)14-7-5-3-2-4-6-8-14/h5,7,9-10,14-16H,2-4,6,8,11-12H2,1H3,(H2,18,22)/t14?,15-,16+/m1/s1. The van der Waals surface area contributed by atoms with E-state index in [1.807, 2.05) is 19.4 Å². The smallest absolute Gasteiger partial charge is 0.222 e. The van der Waals surface area contributed by atoms with Crippen molar-refractivity contribution in [3.05, 3.63) is 30.1 Å². The summed E-state index contributed by atoms with van der Waals surface area (Å²) in [6.45, 7) is 1.66. The van der Waals surface area contributed by atoms with Crippen molar-refractivity contribution in [1.29, 1.82) is 0 Å². The molecular weight excluding hydrogens is 276 g/mol. The highest BCUT2D eigenvalue weighted by molar-refractivity contribution is 5.78. The van der Waals surface area contributed by atoms with Crippen molar-refractivity contribution in [3.63, 3.8) is 0 Å². The van der Waals surface area contributed by atoms with Crippen LogP contribution in [-0.2, 0) is 11.8 Å². The summed E-state index contributed by atoms with van der Waals surface area (Å²) < 4.78 is 1.80. The molecule has 1 aliphatic heterocycles. The number of carbonyl (C=O) groups excluding carboxylic acids is 1. The zero-order valence-corrected chi connectivity index (χ0v) is 13.3. The summed E-state index contributed by atoms with van der Waals surface area (Å²) in [6, 6.07) is 0.448. The van der Waals surface area contributed by atoms with Crippen LogP contribution < -0.4 is 5.73 Å². The Labute approximate surface area is 132 Å². The van der Waals surface area contributed by atoms with Crippen LogP contribution in [0.15, 0.2) is 24.5 Å². The molecule has 1 fully saturated rings. The molecule has 2 aliphatic rings. The van der Waals surface area contributed by atoms with Crippen LogP contribution in [-0.4, -0.2) is 39.7 Å². The predicted molar refractivity (Wildman–Crippen MR) is 86.2 cm³/mol. The first kappa shape index (κ1) is 15.3. The van der Waals surface area contributed by atoms with Crippen molar-refractivity contribution in [2.45, 2.75) is 44.1 Å². The van der Waals surface area contributed by atoms with Crippen LogP contribution in [0.2, 0.25) is 0 Å². The molecule has 1 saturated heterocycles. The molecule has 0 saturated carbocycles. The third-order valence-electron chi connectivity index (χ3n) is 5.06. The minimum Gasteiger partial charge on any atom is -0.369 e. The Morgan fingerprint density at radius 3 is 2.91 bits per heavy atom. The summed E-state index contributed by atoms with van der Waals surface area (Å²) in [5.74, 6) is -0.126. The number of nitrogens with two attached hydrogens (primary N) is 1. The SMILES string of the molecule is Cn1cc([C@H]2CN(C3C=CCCCCC3)C[C@@H]2C(N)=O)cn1. The number of aromatic nitrogens is 2. The van der Waals surface area contributed by atoms with Gasteiger partial charge >= 0.3 is 0 Å². The van der Waals surface area contributed by atoms with Crippen LogP contribution in [0, 0.1) is 5.92 Å². The van der Waals surface area contributed by atoms with E-state index in [0.717, 1.165) is 18.7 Å². The summed E-state index contributed by atoms with van der Waals surface area (Å²) in [4.78, 5) is 14.3. The van der Waals surface area contributed by atoms with Gasteiger partial charge in [0.15, 0.2) is 0 Å². The molecule has 120 valence electrons. The van der Waals surface area contributed by atoms with Gasteiger partial charge < -0.3 is 5.73 Å². The van der Waals surface area contributed by atoms with Crippen LogP contribution in [0.25, 0.3) is 0 Å². The lowest BCUT2D eigenvalue weighted by atomic mass is 9.90. The van der Waals surface area contributed by atoms with Gasteiger partial charge in [-0.2, -0.15) is 5.10 Å². The Morgan fingerprint density at radius 2 is 2.18 bits per heavy atom. The fourth-order valence-electron chi connectivity index (χ4n) is 3.81. The molecule has 1 amide bonds. The third kappa shape index (κ3) is 3.24. The van der Waals surface area contributed by atoms with Crippen LogP contribution >= 0.6 is 0 Å². The Hall–Kier alpha value is -1.62. The Bertz CT molecular complexity index is 551. The number of amides is 1. The minimum absolute atomic E-state index is 0.108. The quantitative estimate of drug-likeness (QED) is 0.866. The van der Waals surface area contributed by atoms with E-state index in [4.69, 9.17) is 5.73 Å². The summed E-state index contributed by atoms with van der Waals surface area (Å²) in [5.41, 5.74) is 6.80. The minimum atomic E-state index is -0.189. The highest BCUT2D eigenvalue weighted by Crippen LogP contribution is 2.34. The van der Waals surface area contributed by atoms with Gasteiger partial charge in [-0.1, -0.05) is 25.0 Å². The van der Waals surface area contributed by atoms with Crippen LogP contribution in [0.5, 0.6) is 0 Å². The van der Waals surface area contributed by atoms with Gasteiger partial charge in [0.05, 0.1) is 12.1 Å². The van der Waals surface area contributed by atoms with Crippen molar-refractivity contribution < 1.29 is 4.79 Å². The average Bonchev–Trinajstić information content (AvgIpc) is 3.04. The van der Waals surface area contributed by atoms with Crippen molar-refractivity contribution in [2.75, 3.05) is 13.1 Å². The normalized spacial score (nSPS) is 30.1. The van der Waals surface area contributed by atoms with E-state index in [1.165, 1.54) is 32.1 Å². The number of hydrogen-bond acceptors (Lipinski definition) is 3. The molecule has 1 aromatic heterocycles. The second-order valence-electron chi connectivity index (χ2n) is 6.65. The lowest BCUT2D eigenvalue weighted by molar-refractivity contribution is -0.121. The van der Waals surface area contributed by atoms with Gasteiger partial charge in [0.25, 0.3) is 0 Å². The second-order valence-corrected chi connectivity index (χ2v) is 6.65. The lowest BCUT2D eigenvalue weighted by Gasteiger charge is -2.26. The molecule has 5 nitrogen and oxygen atoms in total. The van der Waals surface area contributed by atoms with Crippen LogP contribution in [0.1, 0.15) is 43.6 Å². The second kappa shape index (κ2) is 6.65. The Morgan fingerprint density at radius 1 is 1.32 bits per heavy atom. The van der Waals surface area contributed by atoms with E-state index in [1.54, 1.807) is 4.68 Å². The monoisotopic (exact) mass is 302 g/mol. The summed E-state index contributed by atoms with van der Waals surface area (Å²) in [5, 5.41) is 4.25. The molecular formula is C17H26N4O. The molecule has 0 spiro atoms. The maximum absolute atomic E-state index is 11.9. The first-order valence-corrected chi connectivity index (χ1v) is 8.33. The van der Waals surface area contributed by atoms with Gasteiger partial charge in [-0.3, -0.25) is 14.4 Å². The van der Waals surface area contributed by atoms with Crippen molar-refractivity contribution in [3.8, 4) is 0 Å². The van der Waals surface area contributed by atoms with Gasteiger partial charge in [0, 0.05) is 38.3 Å². The van der Waals surface area contributed by atoms with E-state index < -0.39 is 0 Å². The number of allylic oxidation sites excluding steroid dienone is 1. The van der Waals surface area contributed by atoms with Gasteiger partial charge in [0.2, 0.25) is 5.91 Å². The summed E-state index contributed by atoms with van der Waals surface area (Å²) >= 11 is 0. The molecule has 22 heavy (non-hydrogen) atoms. The largest absolute Gasteiger partial charge is 0.369 e. The molecule has 1 unspecified atom stereocenters. The third-order valence-corrected chi connectivity index (χ3v) is 5.06. The summed E-state index contributed by atoms with van der Waals surface area (Å²) in [7, 11) is 1.91. The molecule has 5 heteroatoms. The van der Waals surface area contributed by atoms with E-state index in [0.29, 0.717) is 6.04 Å². The number of rotatable bonds is 3. The van der Waals surface area contributed by atoms with Crippen LogP contribution in [0.4, 0.5) is 0 Å². The number of likely N-dealkylation sites (tertiary alicyclic amines) is 1. The van der Waals surface area contributed by atoms with Crippen molar-refractivity contribution in [2.24, 2.45) is 18.7 Å². The molecule has 0 bridgehead atoms. The molecule has 1 aliphatic carbocycles. The number of nitrogens with zero attached hydrogens (tertiary/aromatic N) is 3. The molecule has 1 aromatic rings. The number of carbonyl (C=O) groups is 1. The Kier molecular flexibility index (Phi) is 4.62. The molecule has 0 aromatic carbocycles. The molecule has 3 atom stereocenters. The molecule has 0 radical (unpaired) electrons. The predicted octanol–water partition coefficient (Wildman–Crippen LogP) is 1.81. The average molecular weight is 302 g/mol. The molecule has 3 rings (SSSR count). The van der Waals surface area contributed by atoms with Gasteiger partial charge in [-0.25, -0.2) is 0 Å². The van der Waals surface area contributed by atoms with E-state index in [-0.39, 0.29) is 17.7 Å². The molecule has 2 heterocycles. The molecule has 2 N–H and O–H groups in total. The number of aryl methyl sites for hydroxylation is 1. The topological polar surface area (TPSA) is 64.2 Å². The van der Waals surface area contributed by atoms with Crippen molar-refractivity contribution in [1.82, 2.24) is 14.7 Å². The fraction of sp³-hybridized carbons (Fsp3) is 0.647. The highest BCUT2D eigenvalue weighted by atomic mass is 16.1. The van der Waals surface area contributed by atoms with Crippen molar-refractivity contribution >= 4 is 5.91 Å². The fourth-order valence-corrected chi connectivity index (χ4v) is 3.81. The zero-order chi connectivity index (χ0) is 15.5. The number of primary amides is 1. The Balaban J connectivity index is 1.77. The van der Waals surface area contributed by atoms with Gasteiger partial charge in [-0.15, -0.1) is 0 Å². The first-order valence-electron chi connectivity index (χ1n) is 8.33. The van der Waals surface area contributed by atoms with E-state index in [9.17, 15) is 4.79 Å². The van der Waals surface area contributed by atoms with Gasteiger partial charge in [-0.05, 0) is 24.8 Å². The van der Waals surface area contributed by atoms with E-state index in [2.05, 4.69) is 22.2 Å². The highest BCUT2D eigenvalue weighted by Gasteiger charge is 2.39. The van der Waals surface area contributed by atoms with Gasteiger partial charge in [0.1, 0.15) is 0 Å². The zero-order valence-electron chi connectivity index (χ0n) is 13.3. The maximum atomic E-state index is 11.9. The van der Waals surface area contributed by atoms with Crippen LogP contribution in [0.3, 0.4) is 0 Å². The number of hydrogen-bond donors (Lipinski definition) is 1. The summed E-state index contributed by atoms with van der Waals surface area (Å²) in [6.07, 6.45) is 14.8. The lowest BCUT2D eigenvalue weighted by Crippen LogP contribution is -2.34. The maximum Gasteiger partial charge on any atom is 0.222 e. The van der Waals surface area contributed by atoms with E-state index >= 15 is 0 Å². The first-order chi connectivity index (χ1) is 10.6.